The lowest BCUT2D eigenvalue weighted by Crippen LogP contribution is -2.27. The Morgan fingerprint density at radius 3 is 2.93 bits per heavy atom. The maximum absolute atomic E-state index is 12.8. The third-order valence-corrected chi connectivity index (χ3v) is 5.37. The average Bonchev–Trinajstić information content (AvgIpc) is 3.21. The Bertz CT molecular complexity index is 916. The summed E-state index contributed by atoms with van der Waals surface area (Å²) in [5, 5.41) is 19.8. The zero-order chi connectivity index (χ0) is 20.7. The van der Waals surface area contributed by atoms with Crippen LogP contribution in [0.1, 0.15) is 34.8 Å². The van der Waals surface area contributed by atoms with Crippen LogP contribution in [0, 0.1) is 18.3 Å². The lowest BCUT2D eigenvalue weighted by Gasteiger charge is -2.17. The van der Waals surface area contributed by atoms with Gasteiger partial charge in [0.05, 0.1) is 17.5 Å². The van der Waals surface area contributed by atoms with Crippen LogP contribution in [0.25, 0.3) is 0 Å². The predicted molar refractivity (Wildman–Crippen MR) is 106 cm³/mol. The van der Waals surface area contributed by atoms with E-state index in [1.807, 2.05) is 13.0 Å². The Kier molecular flexibility index (Phi) is 7.53. The van der Waals surface area contributed by atoms with E-state index < -0.39 is 12.0 Å². The molecule has 0 spiro atoms. The molecule has 2 rings (SSSR count). The molecule has 2 aromatic heterocycles. The molecule has 0 fully saturated rings. The normalized spacial score (nSPS) is 11.5. The van der Waals surface area contributed by atoms with Crippen molar-refractivity contribution in [1.82, 2.24) is 19.7 Å². The van der Waals surface area contributed by atoms with Crippen LogP contribution < -0.4 is 11.1 Å². The van der Waals surface area contributed by atoms with Crippen LogP contribution in [0.3, 0.4) is 0 Å². The van der Waals surface area contributed by atoms with Crippen molar-refractivity contribution >= 4 is 46.1 Å². The molecule has 3 N–H and O–H groups in total. The number of carbonyl (C=O) groups excluding carboxylic acids is 2. The SMILES string of the molecule is C=CCOC(=O)c1sc(NC(=O)C(CC)n2c(N)nnc2SCC#N)nc1C. The molecular formula is C16H19N7O3S2. The third kappa shape index (κ3) is 4.87. The molecule has 1 amide bonds. The molecule has 1 unspecified atom stereocenters. The first-order chi connectivity index (χ1) is 13.4. The number of ether oxygens (including phenoxy) is 1. The third-order valence-electron chi connectivity index (χ3n) is 3.50. The number of thioether (sulfide) groups is 1. The summed E-state index contributed by atoms with van der Waals surface area (Å²) in [5.41, 5.74) is 6.32. The largest absolute Gasteiger partial charge is 0.457 e. The summed E-state index contributed by atoms with van der Waals surface area (Å²) >= 11 is 2.16. The first kappa shape index (κ1) is 21.4. The highest BCUT2D eigenvalue weighted by atomic mass is 32.2. The first-order valence-corrected chi connectivity index (χ1v) is 9.99. The van der Waals surface area contributed by atoms with Gasteiger partial charge >= 0.3 is 5.97 Å². The topological polar surface area (TPSA) is 149 Å². The number of aryl methyl sites for hydroxylation is 1. The van der Waals surface area contributed by atoms with Crippen LogP contribution in [0.5, 0.6) is 0 Å². The van der Waals surface area contributed by atoms with Crippen molar-refractivity contribution in [3.05, 3.63) is 23.2 Å². The molecule has 0 saturated carbocycles. The molecule has 1 atom stereocenters. The molecular weight excluding hydrogens is 402 g/mol. The van der Waals surface area contributed by atoms with Crippen molar-refractivity contribution in [2.24, 2.45) is 0 Å². The molecule has 2 aromatic rings. The van der Waals surface area contributed by atoms with Crippen molar-refractivity contribution in [2.75, 3.05) is 23.4 Å². The lowest BCUT2D eigenvalue weighted by atomic mass is 10.2. The second kappa shape index (κ2) is 9.86. The molecule has 148 valence electrons. The van der Waals surface area contributed by atoms with Crippen molar-refractivity contribution < 1.29 is 14.3 Å². The summed E-state index contributed by atoms with van der Waals surface area (Å²) in [5.74, 6) is -0.683. The van der Waals surface area contributed by atoms with E-state index in [0.717, 1.165) is 23.1 Å². The summed E-state index contributed by atoms with van der Waals surface area (Å²) < 4.78 is 6.49. The molecule has 10 nitrogen and oxygen atoms in total. The molecule has 0 aliphatic heterocycles. The number of amides is 1. The summed E-state index contributed by atoms with van der Waals surface area (Å²) in [4.78, 5) is 29.3. The van der Waals surface area contributed by atoms with E-state index in [1.54, 1.807) is 6.92 Å². The molecule has 12 heteroatoms. The second-order valence-corrected chi connectivity index (χ2v) is 7.33. The van der Waals surface area contributed by atoms with Gasteiger partial charge in [0.2, 0.25) is 11.9 Å². The van der Waals surface area contributed by atoms with Gasteiger partial charge in [-0.2, -0.15) is 5.26 Å². The van der Waals surface area contributed by atoms with Crippen LogP contribution in [-0.2, 0) is 9.53 Å². The van der Waals surface area contributed by atoms with Gasteiger partial charge in [0.15, 0.2) is 10.3 Å². The highest BCUT2D eigenvalue weighted by Crippen LogP contribution is 2.28. The minimum Gasteiger partial charge on any atom is -0.457 e. The zero-order valence-electron chi connectivity index (χ0n) is 15.3. The number of esters is 1. The number of carbonyl (C=O) groups is 2. The van der Waals surface area contributed by atoms with Crippen molar-refractivity contribution in [2.45, 2.75) is 31.5 Å². The summed E-state index contributed by atoms with van der Waals surface area (Å²) in [7, 11) is 0. The number of thiazole rings is 1. The second-order valence-electron chi connectivity index (χ2n) is 5.39. The monoisotopic (exact) mass is 421 g/mol. The van der Waals surface area contributed by atoms with Crippen LogP contribution in [-0.4, -0.2) is 44.0 Å². The maximum Gasteiger partial charge on any atom is 0.350 e. The molecule has 0 aromatic carbocycles. The molecule has 2 heterocycles. The number of rotatable bonds is 9. The summed E-state index contributed by atoms with van der Waals surface area (Å²) in [6, 6.07) is 1.30. The van der Waals surface area contributed by atoms with Gasteiger partial charge in [-0.15, -0.1) is 10.2 Å². The molecule has 0 aliphatic rings. The molecule has 0 radical (unpaired) electrons. The van der Waals surface area contributed by atoms with E-state index >= 15 is 0 Å². The number of nitriles is 1. The minimum absolute atomic E-state index is 0.0754. The van der Waals surface area contributed by atoms with Crippen LogP contribution in [0.2, 0.25) is 0 Å². The molecule has 28 heavy (non-hydrogen) atoms. The maximum atomic E-state index is 12.8. The van der Waals surface area contributed by atoms with Crippen LogP contribution >= 0.6 is 23.1 Å². The van der Waals surface area contributed by atoms with Crippen LogP contribution in [0.4, 0.5) is 11.1 Å². The Morgan fingerprint density at radius 1 is 1.54 bits per heavy atom. The fraction of sp³-hybridized carbons (Fsp3) is 0.375. The van der Waals surface area contributed by atoms with Gasteiger partial charge < -0.3 is 15.8 Å². The van der Waals surface area contributed by atoms with Crippen molar-refractivity contribution in [3.63, 3.8) is 0 Å². The van der Waals surface area contributed by atoms with E-state index in [1.165, 1.54) is 10.6 Å². The standard InChI is InChI=1S/C16H19N7O3S2/c1-4-7-26-13(25)11-9(3)19-15(28-11)20-12(24)10(5-2)23-14(18)21-22-16(23)27-8-6-17/h4,10H,1,5,7-8H2,2-3H3,(H2,18,21)(H,19,20,24). The predicted octanol–water partition coefficient (Wildman–Crippen LogP) is 2.17. The van der Waals surface area contributed by atoms with Gasteiger partial charge in [-0.1, -0.05) is 42.7 Å². The van der Waals surface area contributed by atoms with Crippen molar-refractivity contribution in [1.29, 1.82) is 5.26 Å². The quantitative estimate of drug-likeness (QED) is 0.353. The number of nitrogens with one attached hydrogen (secondary N) is 1. The van der Waals surface area contributed by atoms with Gasteiger partial charge in [0.1, 0.15) is 17.5 Å². The molecule has 0 aliphatic carbocycles. The smallest absolute Gasteiger partial charge is 0.350 e. The number of anilines is 2. The first-order valence-electron chi connectivity index (χ1n) is 8.19. The van der Waals surface area contributed by atoms with Crippen molar-refractivity contribution in [3.8, 4) is 6.07 Å². The molecule has 0 bridgehead atoms. The average molecular weight is 422 g/mol. The zero-order valence-corrected chi connectivity index (χ0v) is 17.0. The Hall–Kier alpha value is -2.91. The lowest BCUT2D eigenvalue weighted by molar-refractivity contribution is -0.119. The number of nitrogen functional groups attached to an aromatic ring is 1. The fourth-order valence-corrected chi connectivity index (χ4v) is 3.81. The summed E-state index contributed by atoms with van der Waals surface area (Å²) in [6.45, 7) is 7.05. The van der Waals surface area contributed by atoms with Gasteiger partial charge in [0.25, 0.3) is 0 Å². The van der Waals surface area contributed by atoms with Gasteiger partial charge in [-0.05, 0) is 13.3 Å². The number of hydrogen-bond donors (Lipinski definition) is 2. The number of nitrogens with zero attached hydrogens (tertiary/aromatic N) is 5. The van der Waals surface area contributed by atoms with E-state index in [-0.39, 0.29) is 29.3 Å². The van der Waals surface area contributed by atoms with Crippen LogP contribution in [0.15, 0.2) is 17.8 Å². The summed E-state index contributed by atoms with van der Waals surface area (Å²) in [6.07, 6.45) is 1.88. The Balaban J connectivity index is 2.20. The van der Waals surface area contributed by atoms with E-state index in [0.29, 0.717) is 22.1 Å². The highest BCUT2D eigenvalue weighted by Gasteiger charge is 2.26. The number of nitrogens with two attached hydrogens (primary N) is 1. The highest BCUT2D eigenvalue weighted by molar-refractivity contribution is 7.99. The molecule has 0 saturated heterocycles. The van der Waals surface area contributed by atoms with Gasteiger partial charge in [-0.25, -0.2) is 9.78 Å². The Labute approximate surface area is 169 Å². The van der Waals surface area contributed by atoms with E-state index in [2.05, 4.69) is 27.1 Å². The fourth-order valence-electron chi connectivity index (χ4n) is 2.29. The van der Waals surface area contributed by atoms with E-state index in [4.69, 9.17) is 15.7 Å². The number of hydrogen-bond acceptors (Lipinski definition) is 10. The van der Waals surface area contributed by atoms with Gasteiger partial charge in [-0.3, -0.25) is 9.36 Å². The number of aromatic nitrogens is 4. The minimum atomic E-state index is -0.698. The Morgan fingerprint density at radius 2 is 2.29 bits per heavy atom. The van der Waals surface area contributed by atoms with E-state index in [9.17, 15) is 9.59 Å². The van der Waals surface area contributed by atoms with Gasteiger partial charge in [0, 0.05) is 0 Å².